The fraction of sp³-hybridized carbons (Fsp3) is 0.455. The maximum Gasteiger partial charge on any atom is 0.274 e. The van der Waals surface area contributed by atoms with Crippen LogP contribution >= 0.6 is 0 Å². The average molecular weight is 264 g/mol. The van der Waals surface area contributed by atoms with Gasteiger partial charge in [0, 0.05) is 20.2 Å². The number of anilines is 1. The number of ether oxygens (including phenoxy) is 1. The van der Waals surface area contributed by atoms with Gasteiger partial charge in [0.05, 0.1) is 31.5 Å². The van der Waals surface area contributed by atoms with Crippen LogP contribution in [0.1, 0.15) is 16.9 Å². The third-order valence-corrected chi connectivity index (χ3v) is 2.35. The van der Waals surface area contributed by atoms with Crippen LogP contribution in [0.4, 0.5) is 5.82 Å². The third-order valence-electron chi connectivity index (χ3n) is 2.35. The van der Waals surface area contributed by atoms with Gasteiger partial charge in [0.1, 0.15) is 5.69 Å². The zero-order valence-corrected chi connectivity index (χ0v) is 10.7. The number of carbonyl (C=O) groups is 1. The van der Waals surface area contributed by atoms with Crippen LogP contribution in [0.3, 0.4) is 0 Å². The minimum Gasteiger partial charge on any atom is -0.383 e. The molecule has 0 fully saturated rings. The van der Waals surface area contributed by atoms with Crippen LogP contribution in [0.15, 0.2) is 12.4 Å². The zero-order chi connectivity index (χ0) is 14.1. The molecule has 1 amide bonds. The highest BCUT2D eigenvalue weighted by molar-refractivity contribution is 5.92. The molecule has 0 radical (unpaired) electrons. The molecule has 0 saturated heterocycles. The molecule has 1 aromatic rings. The number of methoxy groups -OCH3 is 1. The molecule has 8 heteroatoms. The van der Waals surface area contributed by atoms with E-state index in [9.17, 15) is 4.79 Å². The highest BCUT2D eigenvalue weighted by atomic mass is 16.5. The van der Waals surface area contributed by atoms with Crippen LogP contribution < -0.4 is 11.3 Å². The SMILES string of the molecule is COCCN(CCC#N)C(=O)c1cncc(NN)n1. The largest absolute Gasteiger partial charge is 0.383 e. The van der Waals surface area contributed by atoms with Crippen molar-refractivity contribution >= 4 is 11.7 Å². The second kappa shape index (κ2) is 7.97. The summed E-state index contributed by atoms with van der Waals surface area (Å²) in [6.07, 6.45) is 3.01. The van der Waals surface area contributed by atoms with Crippen LogP contribution in [0.2, 0.25) is 0 Å². The van der Waals surface area contributed by atoms with Gasteiger partial charge in [-0.1, -0.05) is 0 Å². The van der Waals surface area contributed by atoms with Crippen LogP contribution in [-0.4, -0.2) is 47.6 Å². The lowest BCUT2D eigenvalue weighted by Gasteiger charge is -2.20. The topological polar surface area (TPSA) is 117 Å². The van der Waals surface area contributed by atoms with E-state index in [-0.39, 0.29) is 18.0 Å². The average Bonchev–Trinajstić information content (AvgIpc) is 2.47. The van der Waals surface area contributed by atoms with Gasteiger partial charge in [-0.3, -0.25) is 9.78 Å². The van der Waals surface area contributed by atoms with Gasteiger partial charge >= 0.3 is 0 Å². The maximum atomic E-state index is 12.2. The monoisotopic (exact) mass is 264 g/mol. The third kappa shape index (κ3) is 4.50. The number of hydrogen-bond donors (Lipinski definition) is 2. The molecule has 102 valence electrons. The van der Waals surface area contributed by atoms with Crippen LogP contribution in [0, 0.1) is 11.3 Å². The summed E-state index contributed by atoms with van der Waals surface area (Å²) in [5, 5.41) is 8.60. The molecule has 0 aliphatic rings. The molecule has 1 rings (SSSR count). The van der Waals surface area contributed by atoms with E-state index in [1.165, 1.54) is 17.3 Å². The summed E-state index contributed by atoms with van der Waals surface area (Å²) in [4.78, 5) is 21.6. The molecule has 8 nitrogen and oxygen atoms in total. The first-order valence-electron chi connectivity index (χ1n) is 5.66. The summed E-state index contributed by atoms with van der Waals surface area (Å²) in [5.41, 5.74) is 2.50. The smallest absolute Gasteiger partial charge is 0.274 e. The molecule has 1 heterocycles. The first kappa shape index (κ1) is 14.8. The molecule has 0 bridgehead atoms. The summed E-state index contributed by atoms with van der Waals surface area (Å²) >= 11 is 0. The Hall–Kier alpha value is -2.24. The Morgan fingerprint density at radius 3 is 3.00 bits per heavy atom. The van der Waals surface area contributed by atoms with E-state index in [2.05, 4.69) is 15.4 Å². The number of nitrogens with zero attached hydrogens (tertiary/aromatic N) is 4. The second-order valence-corrected chi connectivity index (χ2v) is 3.63. The minimum atomic E-state index is -0.308. The number of carbonyl (C=O) groups excluding carboxylic acids is 1. The van der Waals surface area contributed by atoms with Gasteiger partial charge in [0.25, 0.3) is 5.91 Å². The van der Waals surface area contributed by atoms with Crippen LogP contribution in [0.5, 0.6) is 0 Å². The summed E-state index contributed by atoms with van der Waals surface area (Å²) in [7, 11) is 1.55. The zero-order valence-electron chi connectivity index (χ0n) is 10.7. The van der Waals surface area contributed by atoms with Gasteiger partial charge in [-0.05, 0) is 0 Å². The summed E-state index contributed by atoms with van der Waals surface area (Å²) < 4.78 is 4.94. The molecular formula is C11H16N6O2. The van der Waals surface area contributed by atoms with Gasteiger partial charge in [-0.15, -0.1) is 0 Å². The van der Waals surface area contributed by atoms with E-state index >= 15 is 0 Å². The Labute approximate surface area is 111 Å². The van der Waals surface area contributed by atoms with E-state index < -0.39 is 0 Å². The van der Waals surface area contributed by atoms with Gasteiger partial charge in [-0.2, -0.15) is 5.26 Å². The number of amides is 1. The van der Waals surface area contributed by atoms with Crippen molar-refractivity contribution in [3.63, 3.8) is 0 Å². The van der Waals surface area contributed by atoms with E-state index in [4.69, 9.17) is 15.8 Å². The van der Waals surface area contributed by atoms with Crippen molar-refractivity contribution < 1.29 is 9.53 Å². The predicted molar refractivity (Wildman–Crippen MR) is 67.9 cm³/mol. The number of nitrogens with two attached hydrogens (primary N) is 1. The Balaban J connectivity index is 2.81. The quantitative estimate of drug-likeness (QED) is 0.515. The number of rotatable bonds is 7. The fourth-order valence-corrected chi connectivity index (χ4v) is 1.40. The standard InChI is InChI=1S/C11H16N6O2/c1-19-6-5-17(4-2-3-12)11(18)9-7-14-8-10(15-9)16-13/h7-8H,2,4-6,13H2,1H3,(H,15,16). The van der Waals surface area contributed by atoms with Gasteiger partial charge in [-0.25, -0.2) is 10.8 Å². The van der Waals surface area contributed by atoms with Gasteiger partial charge in [0.15, 0.2) is 5.82 Å². The Morgan fingerprint density at radius 1 is 1.58 bits per heavy atom. The molecule has 0 atom stereocenters. The number of hydrazine groups is 1. The first-order chi connectivity index (χ1) is 9.22. The maximum absolute atomic E-state index is 12.2. The highest BCUT2D eigenvalue weighted by Crippen LogP contribution is 2.05. The van der Waals surface area contributed by atoms with Gasteiger partial charge < -0.3 is 15.1 Å². The van der Waals surface area contributed by atoms with Crippen molar-refractivity contribution in [2.24, 2.45) is 5.84 Å². The fourth-order valence-electron chi connectivity index (χ4n) is 1.40. The molecule has 0 saturated carbocycles. The van der Waals surface area contributed by atoms with Gasteiger partial charge in [0.2, 0.25) is 0 Å². The molecule has 0 aromatic carbocycles. The Morgan fingerprint density at radius 2 is 2.37 bits per heavy atom. The van der Waals surface area contributed by atoms with E-state index in [1.807, 2.05) is 6.07 Å². The number of nitrogen functional groups attached to an aromatic ring is 1. The normalized spacial score (nSPS) is 9.74. The van der Waals surface area contributed by atoms with Crippen LogP contribution in [-0.2, 0) is 4.74 Å². The molecular weight excluding hydrogens is 248 g/mol. The van der Waals surface area contributed by atoms with Crippen molar-refractivity contribution in [3.05, 3.63) is 18.1 Å². The van der Waals surface area contributed by atoms with Crippen molar-refractivity contribution in [2.75, 3.05) is 32.2 Å². The molecule has 0 aliphatic heterocycles. The van der Waals surface area contributed by atoms with Crippen molar-refractivity contribution in [1.29, 1.82) is 5.26 Å². The number of hydrogen-bond acceptors (Lipinski definition) is 7. The minimum absolute atomic E-state index is 0.171. The Bertz CT molecular complexity index is 459. The molecule has 0 aliphatic carbocycles. The summed E-state index contributed by atoms with van der Waals surface area (Å²) in [5.74, 6) is 5.21. The first-order valence-corrected chi connectivity index (χ1v) is 5.66. The molecule has 0 spiro atoms. The molecule has 19 heavy (non-hydrogen) atoms. The van der Waals surface area contributed by atoms with Crippen molar-refractivity contribution in [3.8, 4) is 6.07 Å². The Kier molecular flexibility index (Phi) is 6.21. The molecule has 0 unspecified atom stereocenters. The predicted octanol–water partition coefficient (Wildman–Crippen LogP) is -0.236. The molecule has 3 N–H and O–H groups in total. The number of nitrogens with one attached hydrogen (secondary N) is 1. The van der Waals surface area contributed by atoms with Crippen molar-refractivity contribution in [2.45, 2.75) is 6.42 Å². The van der Waals surface area contributed by atoms with Crippen LogP contribution in [0.25, 0.3) is 0 Å². The summed E-state index contributed by atoms with van der Waals surface area (Å²) in [6.45, 7) is 1.10. The van der Waals surface area contributed by atoms with E-state index in [1.54, 1.807) is 7.11 Å². The number of aromatic nitrogens is 2. The lowest BCUT2D eigenvalue weighted by Crippen LogP contribution is -2.35. The second-order valence-electron chi connectivity index (χ2n) is 3.63. The molecule has 1 aromatic heterocycles. The summed E-state index contributed by atoms with van der Waals surface area (Å²) in [6, 6.07) is 2.00. The lowest BCUT2D eigenvalue weighted by molar-refractivity contribution is 0.0694. The van der Waals surface area contributed by atoms with Crippen molar-refractivity contribution in [1.82, 2.24) is 14.9 Å². The van der Waals surface area contributed by atoms with E-state index in [0.717, 1.165) is 0 Å². The lowest BCUT2D eigenvalue weighted by atomic mass is 10.3. The van der Waals surface area contributed by atoms with E-state index in [0.29, 0.717) is 25.5 Å². The number of nitriles is 1. The highest BCUT2D eigenvalue weighted by Gasteiger charge is 2.17.